The number of carbonyl (C=O) groups excluding carboxylic acids is 1. The molecule has 1 heterocycles. The first-order valence-electron chi connectivity index (χ1n) is 10.7. The molecule has 4 aromatic rings. The summed E-state index contributed by atoms with van der Waals surface area (Å²) in [6.45, 7) is 4.19. The van der Waals surface area contributed by atoms with Gasteiger partial charge < -0.3 is 0 Å². The van der Waals surface area contributed by atoms with Crippen molar-refractivity contribution in [2.75, 3.05) is 4.90 Å². The Morgan fingerprint density at radius 2 is 1.26 bits per heavy atom. The van der Waals surface area contributed by atoms with Crippen LogP contribution in [0.25, 0.3) is 0 Å². The zero-order chi connectivity index (χ0) is 21.4. The van der Waals surface area contributed by atoms with Gasteiger partial charge in [0.15, 0.2) is 0 Å². The highest BCUT2D eigenvalue weighted by Crippen LogP contribution is 2.45. The van der Waals surface area contributed by atoms with Crippen molar-refractivity contribution in [2.24, 2.45) is 0 Å². The molecule has 0 radical (unpaired) electrons. The fourth-order valence-corrected chi connectivity index (χ4v) is 4.76. The Hall–Kier alpha value is -3.65. The topological polar surface area (TPSA) is 20.3 Å². The zero-order valence-corrected chi connectivity index (χ0v) is 17.8. The second-order valence-electron chi connectivity index (χ2n) is 8.28. The van der Waals surface area contributed by atoms with Gasteiger partial charge in [0.1, 0.15) is 0 Å². The lowest BCUT2D eigenvalue weighted by molar-refractivity contribution is -0.120. The first kappa shape index (κ1) is 19.3. The van der Waals surface area contributed by atoms with Crippen LogP contribution in [0, 0.1) is 13.8 Å². The third-order valence-electron chi connectivity index (χ3n) is 6.24. The molecule has 0 spiro atoms. The molecule has 2 nitrogen and oxygen atoms in total. The minimum Gasteiger partial charge on any atom is -0.300 e. The molecule has 0 aromatic heterocycles. The van der Waals surface area contributed by atoms with Crippen LogP contribution in [0.4, 0.5) is 5.69 Å². The number of anilines is 1. The molecule has 2 heteroatoms. The fourth-order valence-electron chi connectivity index (χ4n) is 4.76. The fraction of sp³-hybridized carbons (Fsp3) is 0.138. The lowest BCUT2D eigenvalue weighted by Crippen LogP contribution is -2.44. The summed E-state index contributed by atoms with van der Waals surface area (Å²) in [7, 11) is 0. The quantitative estimate of drug-likeness (QED) is 0.379. The highest BCUT2D eigenvalue weighted by molar-refractivity contribution is 6.03. The van der Waals surface area contributed by atoms with Crippen molar-refractivity contribution in [3.8, 4) is 0 Å². The van der Waals surface area contributed by atoms with Gasteiger partial charge in [0.05, 0.1) is 12.0 Å². The predicted molar refractivity (Wildman–Crippen MR) is 126 cm³/mol. The van der Waals surface area contributed by atoms with Crippen LogP contribution < -0.4 is 4.90 Å². The van der Waals surface area contributed by atoms with E-state index in [1.54, 1.807) is 0 Å². The van der Waals surface area contributed by atoms with Gasteiger partial charge in [-0.15, -0.1) is 0 Å². The molecule has 2 atom stereocenters. The van der Waals surface area contributed by atoms with Gasteiger partial charge in [-0.2, -0.15) is 0 Å². The Balaban J connectivity index is 1.79. The SMILES string of the molecule is Cc1ccc(C)c([C@@H]2C(=O)N(c3ccccc3)[C@@H](c3ccccc3)c3ccccc32)c1. The maximum atomic E-state index is 14.3. The first-order valence-corrected chi connectivity index (χ1v) is 10.7. The Morgan fingerprint density at radius 3 is 1.97 bits per heavy atom. The molecule has 0 fully saturated rings. The first-order chi connectivity index (χ1) is 15.1. The van der Waals surface area contributed by atoms with Gasteiger partial charge in [-0.05, 0) is 53.8 Å². The number of aryl methyl sites for hydroxylation is 2. The maximum absolute atomic E-state index is 14.3. The van der Waals surface area contributed by atoms with Crippen LogP contribution in [0.5, 0.6) is 0 Å². The van der Waals surface area contributed by atoms with E-state index in [-0.39, 0.29) is 17.9 Å². The summed E-state index contributed by atoms with van der Waals surface area (Å²) in [5, 5.41) is 0. The summed E-state index contributed by atoms with van der Waals surface area (Å²) in [4.78, 5) is 16.3. The molecule has 4 aromatic carbocycles. The average Bonchev–Trinajstić information content (AvgIpc) is 2.81. The molecule has 0 bridgehead atoms. The number of benzene rings is 4. The van der Waals surface area contributed by atoms with E-state index in [9.17, 15) is 4.79 Å². The average molecular weight is 404 g/mol. The standard InChI is InChI=1S/C29H25NO/c1-20-17-18-21(2)26(19-20)27-24-15-9-10-16-25(24)28(22-11-5-3-6-12-22)30(29(27)31)23-13-7-4-8-14-23/h3-19,27-28H,1-2H3/t27-,28+/m1/s1. The second kappa shape index (κ2) is 7.88. The number of hydrogen-bond acceptors (Lipinski definition) is 1. The molecule has 31 heavy (non-hydrogen) atoms. The van der Waals surface area contributed by atoms with E-state index in [1.165, 1.54) is 11.1 Å². The molecule has 1 amide bonds. The Labute approximate surface area is 183 Å². The van der Waals surface area contributed by atoms with Crippen LogP contribution in [-0.2, 0) is 4.79 Å². The zero-order valence-electron chi connectivity index (χ0n) is 17.8. The molecule has 1 aliphatic heterocycles. The van der Waals surface area contributed by atoms with E-state index in [2.05, 4.69) is 62.4 Å². The van der Waals surface area contributed by atoms with Gasteiger partial charge in [-0.25, -0.2) is 0 Å². The molecule has 152 valence electrons. The van der Waals surface area contributed by atoms with E-state index >= 15 is 0 Å². The normalized spacial score (nSPS) is 18.0. The van der Waals surface area contributed by atoms with Crippen LogP contribution >= 0.6 is 0 Å². The Bertz CT molecular complexity index is 1230. The molecular weight excluding hydrogens is 378 g/mol. The highest BCUT2D eigenvalue weighted by Gasteiger charge is 2.41. The van der Waals surface area contributed by atoms with E-state index < -0.39 is 0 Å². The number of para-hydroxylation sites is 1. The van der Waals surface area contributed by atoms with E-state index in [4.69, 9.17) is 0 Å². The predicted octanol–water partition coefficient (Wildman–Crippen LogP) is 6.57. The van der Waals surface area contributed by atoms with Crippen molar-refractivity contribution in [3.05, 3.63) is 137 Å². The van der Waals surface area contributed by atoms with Gasteiger partial charge in [0, 0.05) is 5.69 Å². The van der Waals surface area contributed by atoms with Gasteiger partial charge >= 0.3 is 0 Å². The molecule has 1 aliphatic rings. The van der Waals surface area contributed by atoms with E-state index in [0.29, 0.717) is 0 Å². The summed E-state index contributed by atoms with van der Waals surface area (Å²) < 4.78 is 0. The molecule has 0 unspecified atom stereocenters. The van der Waals surface area contributed by atoms with Gasteiger partial charge in [-0.1, -0.05) is 96.6 Å². The lowest BCUT2D eigenvalue weighted by atomic mass is 9.77. The minimum absolute atomic E-state index is 0.118. The third kappa shape index (κ3) is 3.34. The molecule has 0 aliphatic carbocycles. The molecule has 0 N–H and O–H groups in total. The molecule has 5 rings (SSSR count). The molecular formula is C29H25NO. The van der Waals surface area contributed by atoms with Crippen molar-refractivity contribution in [1.82, 2.24) is 0 Å². The highest BCUT2D eigenvalue weighted by atomic mass is 16.2. The van der Waals surface area contributed by atoms with Gasteiger partial charge in [-0.3, -0.25) is 9.69 Å². The Morgan fingerprint density at radius 1 is 0.645 bits per heavy atom. The van der Waals surface area contributed by atoms with E-state index in [1.807, 2.05) is 59.5 Å². The van der Waals surface area contributed by atoms with Crippen molar-refractivity contribution >= 4 is 11.6 Å². The lowest BCUT2D eigenvalue weighted by Gasteiger charge is -2.41. The van der Waals surface area contributed by atoms with Crippen LogP contribution in [0.3, 0.4) is 0 Å². The minimum atomic E-state index is -0.323. The monoisotopic (exact) mass is 403 g/mol. The number of fused-ring (bicyclic) bond motifs is 1. The number of nitrogens with zero attached hydrogens (tertiary/aromatic N) is 1. The maximum Gasteiger partial charge on any atom is 0.239 e. The number of rotatable bonds is 3. The van der Waals surface area contributed by atoms with Crippen molar-refractivity contribution in [2.45, 2.75) is 25.8 Å². The van der Waals surface area contributed by atoms with Crippen LogP contribution in [0.1, 0.15) is 45.3 Å². The van der Waals surface area contributed by atoms with Gasteiger partial charge in [0.25, 0.3) is 0 Å². The van der Waals surface area contributed by atoms with Gasteiger partial charge in [0.2, 0.25) is 5.91 Å². The molecule has 0 saturated heterocycles. The van der Waals surface area contributed by atoms with Crippen molar-refractivity contribution < 1.29 is 4.79 Å². The smallest absolute Gasteiger partial charge is 0.239 e. The van der Waals surface area contributed by atoms with Crippen LogP contribution in [-0.4, -0.2) is 5.91 Å². The second-order valence-corrected chi connectivity index (χ2v) is 8.28. The largest absolute Gasteiger partial charge is 0.300 e. The summed E-state index contributed by atoms with van der Waals surface area (Å²) in [6.07, 6.45) is 0. The number of carbonyl (C=O) groups is 1. The number of amides is 1. The van der Waals surface area contributed by atoms with E-state index in [0.717, 1.165) is 27.9 Å². The van der Waals surface area contributed by atoms with Crippen LogP contribution in [0.2, 0.25) is 0 Å². The number of hydrogen-bond donors (Lipinski definition) is 0. The van der Waals surface area contributed by atoms with Crippen molar-refractivity contribution in [1.29, 1.82) is 0 Å². The summed E-state index contributed by atoms with van der Waals surface area (Å²) in [5.41, 5.74) is 7.72. The Kier molecular flexibility index (Phi) is 4.91. The van der Waals surface area contributed by atoms with Crippen LogP contribution in [0.15, 0.2) is 103 Å². The third-order valence-corrected chi connectivity index (χ3v) is 6.24. The summed E-state index contributed by atoms with van der Waals surface area (Å²) in [5.74, 6) is -0.205. The summed E-state index contributed by atoms with van der Waals surface area (Å²) >= 11 is 0. The van der Waals surface area contributed by atoms with Crippen molar-refractivity contribution in [3.63, 3.8) is 0 Å². The molecule has 0 saturated carbocycles. The summed E-state index contributed by atoms with van der Waals surface area (Å²) in [6, 6.07) is 35.0.